The van der Waals surface area contributed by atoms with Crippen molar-refractivity contribution < 1.29 is 4.79 Å². The molecule has 2 nitrogen and oxygen atoms in total. The molecule has 0 aliphatic carbocycles. The molecule has 1 N–H and O–H groups in total. The van der Waals surface area contributed by atoms with Crippen LogP contribution in [0.2, 0.25) is 0 Å². The first-order valence-electron chi connectivity index (χ1n) is 5.91. The summed E-state index contributed by atoms with van der Waals surface area (Å²) in [5.41, 5.74) is 2.45. The average Bonchev–Trinajstić information content (AvgIpc) is 2.76. The molecule has 0 atom stereocenters. The van der Waals surface area contributed by atoms with E-state index in [2.05, 4.69) is 56.2 Å². The molecular formula is C14H13Br2NOS. The highest BCUT2D eigenvalue weighted by molar-refractivity contribution is 9.13. The van der Waals surface area contributed by atoms with E-state index in [0.717, 1.165) is 14.7 Å². The fourth-order valence-corrected chi connectivity index (χ4v) is 3.75. The molecule has 0 aliphatic rings. The fraction of sp³-hybridized carbons (Fsp3) is 0.214. The molecule has 0 fully saturated rings. The number of hydrogen-bond acceptors (Lipinski definition) is 2. The van der Waals surface area contributed by atoms with Crippen molar-refractivity contribution in [3.05, 3.63) is 54.6 Å². The van der Waals surface area contributed by atoms with Crippen LogP contribution in [0.4, 0.5) is 0 Å². The van der Waals surface area contributed by atoms with Gasteiger partial charge in [-0.15, -0.1) is 11.3 Å². The Morgan fingerprint density at radius 3 is 2.53 bits per heavy atom. The van der Waals surface area contributed by atoms with Gasteiger partial charge in [0.15, 0.2) is 0 Å². The highest BCUT2D eigenvalue weighted by Gasteiger charge is 2.12. The van der Waals surface area contributed by atoms with E-state index in [4.69, 9.17) is 0 Å². The predicted molar refractivity (Wildman–Crippen MR) is 86.7 cm³/mol. The molecule has 1 aromatic heterocycles. The number of halogens is 2. The van der Waals surface area contributed by atoms with E-state index in [1.807, 2.05) is 18.2 Å². The Kier molecular flexibility index (Phi) is 5.19. The molecule has 100 valence electrons. The third kappa shape index (κ3) is 3.68. The molecule has 2 rings (SSSR count). The van der Waals surface area contributed by atoms with Crippen LogP contribution in [0.3, 0.4) is 0 Å². The topological polar surface area (TPSA) is 29.1 Å². The summed E-state index contributed by atoms with van der Waals surface area (Å²) >= 11 is 8.21. The molecule has 1 aromatic carbocycles. The molecule has 0 spiro atoms. The second-order valence-electron chi connectivity index (χ2n) is 4.04. The second-order valence-corrected chi connectivity index (χ2v) is 7.26. The van der Waals surface area contributed by atoms with E-state index in [1.165, 1.54) is 22.5 Å². The van der Waals surface area contributed by atoms with Crippen LogP contribution >= 0.6 is 43.2 Å². The molecule has 0 saturated heterocycles. The largest absolute Gasteiger partial charge is 0.347 e. The van der Waals surface area contributed by atoms with Crippen LogP contribution in [0.1, 0.15) is 27.7 Å². The zero-order chi connectivity index (χ0) is 13.8. The number of rotatable bonds is 4. The number of aryl methyl sites for hydroxylation is 1. The van der Waals surface area contributed by atoms with Gasteiger partial charge in [0, 0.05) is 11.0 Å². The SMILES string of the molecule is CCc1ccccc1CNC(=O)c1cc(Br)c(Br)s1. The maximum absolute atomic E-state index is 12.0. The number of benzene rings is 1. The van der Waals surface area contributed by atoms with Gasteiger partial charge in [-0.3, -0.25) is 4.79 Å². The smallest absolute Gasteiger partial charge is 0.261 e. The number of hydrogen-bond donors (Lipinski definition) is 1. The van der Waals surface area contributed by atoms with Crippen LogP contribution in [0.25, 0.3) is 0 Å². The molecule has 0 radical (unpaired) electrons. The first-order chi connectivity index (χ1) is 9.11. The van der Waals surface area contributed by atoms with Crippen molar-refractivity contribution in [2.45, 2.75) is 19.9 Å². The number of amides is 1. The second kappa shape index (κ2) is 6.68. The summed E-state index contributed by atoms with van der Waals surface area (Å²) in [5, 5.41) is 2.96. The lowest BCUT2D eigenvalue weighted by atomic mass is 10.1. The number of nitrogens with one attached hydrogen (secondary N) is 1. The van der Waals surface area contributed by atoms with Gasteiger partial charge >= 0.3 is 0 Å². The van der Waals surface area contributed by atoms with Crippen molar-refractivity contribution in [2.75, 3.05) is 0 Å². The van der Waals surface area contributed by atoms with Crippen LogP contribution in [0, 0.1) is 0 Å². The fourth-order valence-electron chi connectivity index (χ4n) is 1.80. The van der Waals surface area contributed by atoms with E-state index >= 15 is 0 Å². The van der Waals surface area contributed by atoms with Crippen LogP contribution in [0.5, 0.6) is 0 Å². The molecule has 1 heterocycles. The first kappa shape index (κ1) is 14.8. The summed E-state index contributed by atoms with van der Waals surface area (Å²) < 4.78 is 1.85. The monoisotopic (exact) mass is 401 g/mol. The number of carbonyl (C=O) groups excluding carboxylic acids is 1. The molecule has 0 saturated carbocycles. The Morgan fingerprint density at radius 2 is 1.95 bits per heavy atom. The predicted octanol–water partition coefficient (Wildman–Crippen LogP) is 4.77. The summed E-state index contributed by atoms with van der Waals surface area (Å²) in [6, 6.07) is 10.0. The highest BCUT2D eigenvalue weighted by atomic mass is 79.9. The molecule has 0 bridgehead atoms. The summed E-state index contributed by atoms with van der Waals surface area (Å²) in [5.74, 6) is -0.0395. The van der Waals surface area contributed by atoms with E-state index in [1.54, 1.807) is 0 Å². The minimum Gasteiger partial charge on any atom is -0.347 e. The lowest BCUT2D eigenvalue weighted by Gasteiger charge is -2.08. The Labute approximate surface area is 133 Å². The van der Waals surface area contributed by atoms with E-state index in [9.17, 15) is 4.79 Å². The van der Waals surface area contributed by atoms with Gasteiger partial charge in [0.25, 0.3) is 5.91 Å². The van der Waals surface area contributed by atoms with Crippen molar-refractivity contribution in [3.63, 3.8) is 0 Å². The Hall–Kier alpha value is -0.650. The lowest BCUT2D eigenvalue weighted by molar-refractivity contribution is 0.0955. The zero-order valence-corrected chi connectivity index (χ0v) is 14.4. The number of carbonyl (C=O) groups is 1. The van der Waals surface area contributed by atoms with Crippen molar-refractivity contribution in [1.82, 2.24) is 5.32 Å². The maximum Gasteiger partial charge on any atom is 0.261 e. The van der Waals surface area contributed by atoms with Gasteiger partial charge in [-0.2, -0.15) is 0 Å². The zero-order valence-electron chi connectivity index (χ0n) is 10.4. The van der Waals surface area contributed by atoms with Gasteiger partial charge in [-0.1, -0.05) is 31.2 Å². The molecule has 1 amide bonds. The Bertz CT molecular complexity index is 575. The number of thiophene rings is 1. The molecule has 0 unspecified atom stereocenters. The van der Waals surface area contributed by atoms with Crippen molar-refractivity contribution >= 4 is 49.1 Å². The first-order valence-corrected chi connectivity index (χ1v) is 8.32. The molecular weight excluding hydrogens is 390 g/mol. The van der Waals surface area contributed by atoms with Crippen LogP contribution in [-0.2, 0) is 13.0 Å². The van der Waals surface area contributed by atoms with Gasteiger partial charge in [-0.25, -0.2) is 0 Å². The Morgan fingerprint density at radius 1 is 1.26 bits per heavy atom. The Balaban J connectivity index is 2.04. The molecule has 0 aliphatic heterocycles. The highest BCUT2D eigenvalue weighted by Crippen LogP contribution is 2.32. The van der Waals surface area contributed by atoms with Gasteiger partial charge in [0.05, 0.1) is 8.66 Å². The quantitative estimate of drug-likeness (QED) is 0.784. The minimum atomic E-state index is -0.0395. The summed E-state index contributed by atoms with van der Waals surface area (Å²) in [4.78, 5) is 12.7. The average molecular weight is 403 g/mol. The van der Waals surface area contributed by atoms with Crippen LogP contribution < -0.4 is 5.32 Å². The van der Waals surface area contributed by atoms with Crippen molar-refractivity contribution in [3.8, 4) is 0 Å². The van der Waals surface area contributed by atoms with Gasteiger partial charge < -0.3 is 5.32 Å². The lowest BCUT2D eigenvalue weighted by Crippen LogP contribution is -2.22. The van der Waals surface area contributed by atoms with Gasteiger partial charge in [-0.05, 0) is 55.5 Å². The molecule has 2 aromatic rings. The van der Waals surface area contributed by atoms with E-state index in [-0.39, 0.29) is 5.91 Å². The van der Waals surface area contributed by atoms with Crippen molar-refractivity contribution in [1.29, 1.82) is 0 Å². The minimum absolute atomic E-state index is 0.0395. The third-order valence-corrected chi connectivity index (χ3v) is 6.06. The van der Waals surface area contributed by atoms with E-state index < -0.39 is 0 Å². The van der Waals surface area contributed by atoms with Crippen LogP contribution in [-0.4, -0.2) is 5.91 Å². The summed E-state index contributed by atoms with van der Waals surface area (Å²) in [6.45, 7) is 2.68. The normalized spacial score (nSPS) is 10.5. The summed E-state index contributed by atoms with van der Waals surface area (Å²) in [7, 11) is 0. The van der Waals surface area contributed by atoms with Crippen molar-refractivity contribution in [2.24, 2.45) is 0 Å². The third-order valence-electron chi connectivity index (χ3n) is 2.81. The van der Waals surface area contributed by atoms with Crippen LogP contribution in [0.15, 0.2) is 38.6 Å². The molecule has 19 heavy (non-hydrogen) atoms. The van der Waals surface area contributed by atoms with Gasteiger partial charge in [0.1, 0.15) is 0 Å². The van der Waals surface area contributed by atoms with E-state index in [0.29, 0.717) is 11.4 Å². The standard InChI is InChI=1S/C14H13Br2NOS/c1-2-9-5-3-4-6-10(9)8-17-14(18)12-7-11(15)13(16)19-12/h3-7H,2,8H2,1H3,(H,17,18). The maximum atomic E-state index is 12.0. The van der Waals surface area contributed by atoms with Gasteiger partial charge in [0.2, 0.25) is 0 Å². The molecule has 5 heteroatoms. The summed E-state index contributed by atoms with van der Waals surface area (Å²) in [6.07, 6.45) is 0.974.